The van der Waals surface area contributed by atoms with Gasteiger partial charge in [-0.05, 0) is 17.5 Å². The van der Waals surface area contributed by atoms with Crippen molar-refractivity contribution in [3.05, 3.63) is 71.8 Å². The van der Waals surface area contributed by atoms with E-state index in [1.807, 2.05) is 36.4 Å². The average Bonchev–Trinajstić information content (AvgIpc) is 3.38. The summed E-state index contributed by atoms with van der Waals surface area (Å²) in [7, 11) is 0. The molecule has 0 spiro atoms. The third kappa shape index (κ3) is 2.84. The smallest absolute Gasteiger partial charge is 0.242 e. The number of amides is 2. The molecular weight excluding hydrogens is 288 g/mol. The van der Waals surface area contributed by atoms with E-state index in [0.29, 0.717) is 6.42 Å². The van der Waals surface area contributed by atoms with Crippen molar-refractivity contribution in [1.82, 2.24) is 10.9 Å². The van der Waals surface area contributed by atoms with E-state index in [0.717, 1.165) is 17.5 Å². The first-order valence-electron chi connectivity index (χ1n) is 7.88. The van der Waals surface area contributed by atoms with Crippen LogP contribution in [-0.2, 0) is 15.0 Å². The van der Waals surface area contributed by atoms with Crippen molar-refractivity contribution in [2.75, 3.05) is 0 Å². The number of carbonyl (C=O) groups excluding carboxylic acids is 2. The summed E-state index contributed by atoms with van der Waals surface area (Å²) in [6.45, 7) is 1.75. The van der Waals surface area contributed by atoms with Crippen molar-refractivity contribution in [2.24, 2.45) is 5.92 Å². The number of hydrogen-bond donors (Lipinski definition) is 2. The molecule has 2 aromatic carbocycles. The molecule has 1 saturated carbocycles. The summed E-state index contributed by atoms with van der Waals surface area (Å²) >= 11 is 0. The summed E-state index contributed by atoms with van der Waals surface area (Å²) in [5.41, 5.74) is 6.97. The van der Waals surface area contributed by atoms with Crippen LogP contribution in [-0.4, -0.2) is 11.8 Å². The highest BCUT2D eigenvalue weighted by molar-refractivity contribution is 5.88. The van der Waals surface area contributed by atoms with Crippen LogP contribution in [0.15, 0.2) is 60.7 Å². The maximum Gasteiger partial charge on any atom is 0.242 e. The Labute approximate surface area is 135 Å². The van der Waals surface area contributed by atoms with Crippen molar-refractivity contribution in [3.8, 4) is 0 Å². The van der Waals surface area contributed by atoms with Crippen molar-refractivity contribution >= 4 is 11.8 Å². The predicted octanol–water partition coefficient (Wildman–Crippen LogP) is 2.55. The number of hydrazine groups is 1. The van der Waals surface area contributed by atoms with Gasteiger partial charge in [0, 0.05) is 11.8 Å². The Bertz CT molecular complexity index is 658. The predicted molar refractivity (Wildman–Crippen MR) is 88.3 cm³/mol. The summed E-state index contributed by atoms with van der Waals surface area (Å²) in [4.78, 5) is 23.8. The zero-order valence-corrected chi connectivity index (χ0v) is 13.1. The lowest BCUT2D eigenvalue weighted by Crippen LogP contribution is -2.43. The van der Waals surface area contributed by atoms with Crippen molar-refractivity contribution in [3.63, 3.8) is 0 Å². The van der Waals surface area contributed by atoms with E-state index < -0.39 is 0 Å². The molecule has 0 aliphatic heterocycles. The second kappa shape index (κ2) is 6.24. The first-order valence-corrected chi connectivity index (χ1v) is 7.88. The molecule has 4 nitrogen and oxygen atoms in total. The fourth-order valence-corrected chi connectivity index (χ4v) is 3.16. The molecule has 0 aromatic heterocycles. The molecule has 1 fully saturated rings. The summed E-state index contributed by atoms with van der Waals surface area (Å²) < 4.78 is 0. The Kier molecular flexibility index (Phi) is 4.15. The van der Waals surface area contributed by atoms with Crippen LogP contribution in [0.5, 0.6) is 0 Å². The molecule has 1 atom stereocenters. The zero-order chi connectivity index (χ0) is 16.3. The van der Waals surface area contributed by atoms with Gasteiger partial charge in [0.05, 0.1) is 5.92 Å². The lowest BCUT2D eigenvalue weighted by molar-refractivity contribution is -0.129. The fraction of sp³-hybridized carbons (Fsp3) is 0.263. The van der Waals surface area contributed by atoms with E-state index in [4.69, 9.17) is 0 Å². The standard InChI is InChI=1S/C19H20N2O2/c1-2-17(22)20-21-18(23)16-13-19(16,14-9-5-3-6-10-14)15-11-7-4-8-12-15/h3-12,16H,2,13H2,1H3,(H,20,22)(H,21,23)/t16-/m0/s1. The minimum atomic E-state index is -0.302. The number of rotatable bonds is 4. The first kappa shape index (κ1) is 15.3. The normalized spacial score (nSPS) is 18.0. The van der Waals surface area contributed by atoms with Crippen molar-refractivity contribution in [1.29, 1.82) is 0 Å². The van der Waals surface area contributed by atoms with Gasteiger partial charge in [-0.15, -0.1) is 0 Å². The van der Waals surface area contributed by atoms with Gasteiger partial charge in [-0.2, -0.15) is 0 Å². The molecule has 2 amide bonds. The molecule has 0 radical (unpaired) electrons. The monoisotopic (exact) mass is 308 g/mol. The Balaban J connectivity index is 1.86. The van der Waals surface area contributed by atoms with Gasteiger partial charge in [-0.3, -0.25) is 20.4 Å². The van der Waals surface area contributed by atoms with Gasteiger partial charge in [-0.1, -0.05) is 67.6 Å². The third-order valence-electron chi connectivity index (χ3n) is 4.50. The van der Waals surface area contributed by atoms with E-state index in [9.17, 15) is 9.59 Å². The van der Waals surface area contributed by atoms with Gasteiger partial charge in [0.1, 0.15) is 0 Å². The molecule has 0 saturated heterocycles. The Morgan fingerprint density at radius 1 is 0.957 bits per heavy atom. The average molecular weight is 308 g/mol. The SMILES string of the molecule is CCC(=O)NNC(=O)[C@@H]1CC1(c1ccccc1)c1ccccc1. The molecule has 118 valence electrons. The van der Waals surface area contributed by atoms with Gasteiger partial charge in [0.15, 0.2) is 0 Å². The molecule has 2 N–H and O–H groups in total. The van der Waals surface area contributed by atoms with Crippen LogP contribution in [0, 0.1) is 5.92 Å². The number of hydrogen-bond acceptors (Lipinski definition) is 2. The molecular formula is C19H20N2O2. The molecule has 0 unspecified atom stereocenters. The maximum absolute atomic E-state index is 12.5. The maximum atomic E-state index is 12.5. The quantitative estimate of drug-likeness (QED) is 0.853. The van der Waals surface area contributed by atoms with Crippen LogP contribution in [0.1, 0.15) is 30.9 Å². The number of nitrogens with one attached hydrogen (secondary N) is 2. The topological polar surface area (TPSA) is 58.2 Å². The van der Waals surface area contributed by atoms with Crippen LogP contribution in [0.4, 0.5) is 0 Å². The van der Waals surface area contributed by atoms with Crippen molar-refractivity contribution < 1.29 is 9.59 Å². The fourth-order valence-electron chi connectivity index (χ4n) is 3.16. The van der Waals surface area contributed by atoms with Gasteiger partial charge in [-0.25, -0.2) is 0 Å². The second-order valence-electron chi connectivity index (χ2n) is 5.85. The molecule has 1 aliphatic rings. The molecule has 0 bridgehead atoms. The van der Waals surface area contributed by atoms with Crippen LogP contribution in [0.3, 0.4) is 0 Å². The molecule has 1 aliphatic carbocycles. The molecule has 23 heavy (non-hydrogen) atoms. The van der Waals surface area contributed by atoms with Crippen LogP contribution in [0.2, 0.25) is 0 Å². The van der Waals surface area contributed by atoms with Gasteiger partial charge in [0.25, 0.3) is 0 Å². The summed E-state index contributed by atoms with van der Waals surface area (Å²) in [5.74, 6) is -0.506. The zero-order valence-electron chi connectivity index (χ0n) is 13.1. The molecule has 4 heteroatoms. The molecule has 3 rings (SSSR count). The van der Waals surface area contributed by atoms with Gasteiger partial charge >= 0.3 is 0 Å². The number of benzene rings is 2. The lowest BCUT2D eigenvalue weighted by Gasteiger charge is -2.19. The second-order valence-corrected chi connectivity index (χ2v) is 5.85. The van der Waals surface area contributed by atoms with Crippen LogP contribution >= 0.6 is 0 Å². The Hall–Kier alpha value is -2.62. The molecule has 0 heterocycles. The van der Waals surface area contributed by atoms with E-state index >= 15 is 0 Å². The van der Waals surface area contributed by atoms with E-state index in [2.05, 4.69) is 35.1 Å². The van der Waals surface area contributed by atoms with Crippen LogP contribution in [0.25, 0.3) is 0 Å². The highest BCUT2D eigenvalue weighted by Gasteiger charge is 2.60. The molecule has 2 aromatic rings. The first-order chi connectivity index (χ1) is 11.2. The largest absolute Gasteiger partial charge is 0.273 e. The van der Waals surface area contributed by atoms with Crippen LogP contribution < -0.4 is 10.9 Å². The van der Waals surface area contributed by atoms with E-state index in [1.54, 1.807) is 6.92 Å². The van der Waals surface area contributed by atoms with Gasteiger partial charge in [0.2, 0.25) is 11.8 Å². The Morgan fingerprint density at radius 3 is 1.96 bits per heavy atom. The highest BCUT2D eigenvalue weighted by atomic mass is 16.2. The summed E-state index contributed by atoms with van der Waals surface area (Å²) in [5, 5.41) is 0. The summed E-state index contributed by atoms with van der Waals surface area (Å²) in [6, 6.07) is 20.2. The Morgan fingerprint density at radius 2 is 1.48 bits per heavy atom. The minimum absolute atomic E-state index is 0.139. The van der Waals surface area contributed by atoms with Gasteiger partial charge < -0.3 is 0 Å². The van der Waals surface area contributed by atoms with E-state index in [1.165, 1.54) is 0 Å². The minimum Gasteiger partial charge on any atom is -0.273 e. The lowest BCUT2D eigenvalue weighted by atomic mass is 9.85. The van der Waals surface area contributed by atoms with Crippen molar-refractivity contribution in [2.45, 2.75) is 25.2 Å². The van der Waals surface area contributed by atoms with E-state index in [-0.39, 0.29) is 23.1 Å². The number of carbonyl (C=O) groups is 2. The third-order valence-corrected chi connectivity index (χ3v) is 4.50. The summed E-state index contributed by atoms with van der Waals surface area (Å²) in [6.07, 6.45) is 1.09. The highest BCUT2D eigenvalue weighted by Crippen LogP contribution is 2.58.